The molecule has 0 aromatic carbocycles. The van der Waals surface area contributed by atoms with Crippen LogP contribution in [0.4, 0.5) is 11.6 Å². The first-order chi connectivity index (χ1) is 11.5. The number of rotatable bonds is 5. The minimum atomic E-state index is 0.212. The normalized spacial score (nSPS) is 16.5. The largest absolute Gasteiger partial charge is 0.473 e. The van der Waals surface area contributed by atoms with Crippen molar-refractivity contribution in [1.82, 2.24) is 25.1 Å². The highest BCUT2D eigenvalue weighted by atomic mass is 16.5. The predicted octanol–water partition coefficient (Wildman–Crippen LogP) is 2.85. The number of anilines is 2. The molecule has 0 spiro atoms. The van der Waals surface area contributed by atoms with Crippen LogP contribution in [-0.2, 0) is 0 Å². The molecular formula is C17H26N6O. The first-order valence-corrected chi connectivity index (χ1v) is 8.52. The Balaban J connectivity index is 1.69. The molecule has 3 rings (SSSR count). The molecule has 0 bridgehead atoms. The van der Waals surface area contributed by atoms with E-state index in [9.17, 15) is 0 Å². The lowest BCUT2D eigenvalue weighted by atomic mass is 10.1. The number of aromatic amines is 1. The summed E-state index contributed by atoms with van der Waals surface area (Å²) in [5.41, 5.74) is 1.90. The van der Waals surface area contributed by atoms with Crippen molar-refractivity contribution in [2.75, 3.05) is 25.5 Å². The van der Waals surface area contributed by atoms with E-state index >= 15 is 0 Å². The lowest BCUT2D eigenvalue weighted by Gasteiger charge is -2.28. The predicted molar refractivity (Wildman–Crippen MR) is 93.9 cm³/mol. The van der Waals surface area contributed by atoms with Crippen LogP contribution in [-0.4, -0.2) is 51.3 Å². The van der Waals surface area contributed by atoms with Gasteiger partial charge in [0.1, 0.15) is 6.10 Å². The topological polar surface area (TPSA) is 79.0 Å². The van der Waals surface area contributed by atoms with Crippen molar-refractivity contribution in [1.29, 1.82) is 0 Å². The van der Waals surface area contributed by atoms with Gasteiger partial charge in [0, 0.05) is 24.8 Å². The zero-order chi connectivity index (χ0) is 17.1. The molecule has 0 unspecified atom stereocenters. The molecule has 0 atom stereocenters. The fourth-order valence-corrected chi connectivity index (χ4v) is 2.70. The molecule has 1 aliphatic heterocycles. The van der Waals surface area contributed by atoms with Crippen LogP contribution in [0.5, 0.6) is 5.88 Å². The molecule has 7 heteroatoms. The Morgan fingerprint density at radius 3 is 2.75 bits per heavy atom. The SMILES string of the molecule is Cc1ncc(OC2CCN(C)CC2)nc1Nc1cc(C(C)C)[nH]n1. The number of ether oxygens (including phenoxy) is 1. The van der Waals surface area contributed by atoms with Gasteiger partial charge in [0.2, 0.25) is 5.88 Å². The van der Waals surface area contributed by atoms with E-state index in [0.717, 1.165) is 43.1 Å². The maximum Gasteiger partial charge on any atom is 0.234 e. The van der Waals surface area contributed by atoms with Gasteiger partial charge in [-0.05, 0) is 32.7 Å². The summed E-state index contributed by atoms with van der Waals surface area (Å²) in [6.45, 7) is 8.28. The summed E-state index contributed by atoms with van der Waals surface area (Å²) in [6.07, 6.45) is 3.95. The molecule has 0 aliphatic carbocycles. The van der Waals surface area contributed by atoms with Crippen molar-refractivity contribution in [3.63, 3.8) is 0 Å². The van der Waals surface area contributed by atoms with Gasteiger partial charge in [-0.3, -0.25) is 10.1 Å². The van der Waals surface area contributed by atoms with E-state index in [-0.39, 0.29) is 6.10 Å². The number of hydrogen-bond donors (Lipinski definition) is 2. The minimum Gasteiger partial charge on any atom is -0.473 e. The van der Waals surface area contributed by atoms with Crippen molar-refractivity contribution in [3.8, 4) is 5.88 Å². The Labute approximate surface area is 142 Å². The Kier molecular flexibility index (Phi) is 4.99. The van der Waals surface area contributed by atoms with Gasteiger partial charge in [-0.2, -0.15) is 10.1 Å². The Morgan fingerprint density at radius 2 is 2.08 bits per heavy atom. The number of likely N-dealkylation sites (tertiary alicyclic amines) is 1. The molecule has 130 valence electrons. The number of aromatic nitrogens is 4. The monoisotopic (exact) mass is 330 g/mol. The quantitative estimate of drug-likeness (QED) is 0.877. The molecule has 1 aliphatic rings. The molecule has 1 saturated heterocycles. The minimum absolute atomic E-state index is 0.212. The van der Waals surface area contributed by atoms with E-state index in [0.29, 0.717) is 17.6 Å². The van der Waals surface area contributed by atoms with Crippen molar-refractivity contribution in [2.45, 2.75) is 45.6 Å². The molecule has 1 fully saturated rings. The number of H-pyrrole nitrogens is 1. The third-order valence-corrected chi connectivity index (χ3v) is 4.35. The standard InChI is InChI=1S/C17H26N6O/c1-11(2)14-9-15(22-21-14)19-17-12(3)18-10-16(20-17)24-13-5-7-23(4)8-6-13/h9-11,13H,5-8H2,1-4H3,(H2,19,20,21,22). The van der Waals surface area contributed by atoms with E-state index in [1.165, 1.54) is 0 Å². The van der Waals surface area contributed by atoms with Gasteiger partial charge in [-0.1, -0.05) is 13.8 Å². The second kappa shape index (κ2) is 7.17. The van der Waals surface area contributed by atoms with Crippen LogP contribution in [0.2, 0.25) is 0 Å². The number of piperidine rings is 1. The van der Waals surface area contributed by atoms with E-state index < -0.39 is 0 Å². The number of nitrogens with zero attached hydrogens (tertiary/aromatic N) is 4. The van der Waals surface area contributed by atoms with E-state index in [2.05, 4.69) is 51.3 Å². The van der Waals surface area contributed by atoms with Gasteiger partial charge < -0.3 is 15.0 Å². The van der Waals surface area contributed by atoms with Gasteiger partial charge in [0.05, 0.1) is 11.9 Å². The van der Waals surface area contributed by atoms with Gasteiger partial charge in [-0.25, -0.2) is 0 Å². The number of aryl methyl sites for hydroxylation is 1. The summed E-state index contributed by atoms with van der Waals surface area (Å²) in [5.74, 6) is 2.39. The summed E-state index contributed by atoms with van der Waals surface area (Å²) in [7, 11) is 2.14. The maximum atomic E-state index is 6.01. The van der Waals surface area contributed by atoms with Crippen molar-refractivity contribution < 1.29 is 4.74 Å². The summed E-state index contributed by atoms with van der Waals surface area (Å²) >= 11 is 0. The summed E-state index contributed by atoms with van der Waals surface area (Å²) in [6, 6.07) is 2.00. The average Bonchev–Trinajstić information content (AvgIpc) is 3.02. The highest BCUT2D eigenvalue weighted by molar-refractivity contribution is 5.54. The molecule has 2 N–H and O–H groups in total. The average molecular weight is 330 g/mol. The van der Waals surface area contributed by atoms with E-state index in [1.54, 1.807) is 6.20 Å². The zero-order valence-electron chi connectivity index (χ0n) is 14.8. The van der Waals surface area contributed by atoms with Crippen molar-refractivity contribution >= 4 is 11.6 Å². The molecule has 0 amide bonds. The van der Waals surface area contributed by atoms with Gasteiger partial charge in [0.15, 0.2) is 11.6 Å². The van der Waals surface area contributed by atoms with E-state index in [4.69, 9.17) is 4.74 Å². The van der Waals surface area contributed by atoms with Crippen LogP contribution in [0.15, 0.2) is 12.3 Å². The highest BCUT2D eigenvalue weighted by Crippen LogP contribution is 2.22. The van der Waals surface area contributed by atoms with Gasteiger partial charge >= 0.3 is 0 Å². The van der Waals surface area contributed by atoms with Gasteiger partial charge in [-0.15, -0.1) is 0 Å². The van der Waals surface area contributed by atoms with Gasteiger partial charge in [0.25, 0.3) is 0 Å². The number of hydrogen-bond acceptors (Lipinski definition) is 6. The smallest absolute Gasteiger partial charge is 0.234 e. The highest BCUT2D eigenvalue weighted by Gasteiger charge is 2.19. The van der Waals surface area contributed by atoms with Crippen LogP contribution in [0.1, 0.15) is 44.0 Å². The molecule has 7 nitrogen and oxygen atoms in total. The van der Waals surface area contributed by atoms with Crippen LogP contribution < -0.4 is 10.1 Å². The lowest BCUT2D eigenvalue weighted by Crippen LogP contribution is -2.35. The zero-order valence-corrected chi connectivity index (χ0v) is 14.8. The molecule has 2 aromatic rings. The third-order valence-electron chi connectivity index (χ3n) is 4.35. The fourth-order valence-electron chi connectivity index (χ4n) is 2.70. The Hall–Kier alpha value is -2.15. The lowest BCUT2D eigenvalue weighted by molar-refractivity contribution is 0.109. The molecule has 24 heavy (non-hydrogen) atoms. The molecular weight excluding hydrogens is 304 g/mol. The number of nitrogens with one attached hydrogen (secondary N) is 2. The second-order valence-corrected chi connectivity index (χ2v) is 6.75. The summed E-state index contributed by atoms with van der Waals surface area (Å²) in [5, 5.41) is 10.5. The van der Waals surface area contributed by atoms with E-state index in [1.807, 2.05) is 13.0 Å². The van der Waals surface area contributed by atoms with Crippen molar-refractivity contribution in [2.24, 2.45) is 0 Å². The molecule has 0 radical (unpaired) electrons. The Morgan fingerprint density at radius 1 is 1.33 bits per heavy atom. The Bertz CT molecular complexity index is 675. The summed E-state index contributed by atoms with van der Waals surface area (Å²) < 4.78 is 6.01. The fraction of sp³-hybridized carbons (Fsp3) is 0.588. The molecule has 3 heterocycles. The van der Waals surface area contributed by atoms with Crippen LogP contribution in [0, 0.1) is 6.92 Å². The second-order valence-electron chi connectivity index (χ2n) is 6.75. The van der Waals surface area contributed by atoms with Crippen LogP contribution in [0.25, 0.3) is 0 Å². The van der Waals surface area contributed by atoms with Crippen LogP contribution in [0.3, 0.4) is 0 Å². The first kappa shape index (κ1) is 16.7. The molecule has 2 aromatic heterocycles. The summed E-state index contributed by atoms with van der Waals surface area (Å²) in [4.78, 5) is 11.3. The maximum absolute atomic E-state index is 6.01. The van der Waals surface area contributed by atoms with Crippen LogP contribution >= 0.6 is 0 Å². The third kappa shape index (κ3) is 4.03. The van der Waals surface area contributed by atoms with Crippen molar-refractivity contribution in [3.05, 3.63) is 23.7 Å². The first-order valence-electron chi connectivity index (χ1n) is 8.52. The molecule has 0 saturated carbocycles.